The largest absolute Gasteiger partial charge is 0.377 e. The van der Waals surface area contributed by atoms with E-state index < -0.39 is 0 Å². The van der Waals surface area contributed by atoms with Crippen molar-refractivity contribution >= 4 is 16.5 Å². The average Bonchev–Trinajstić information content (AvgIpc) is 2.77. The van der Waals surface area contributed by atoms with Gasteiger partial charge in [-0.05, 0) is 42.9 Å². The van der Waals surface area contributed by atoms with Crippen LogP contribution in [0, 0.1) is 0 Å². The van der Waals surface area contributed by atoms with Crippen LogP contribution >= 0.6 is 0 Å². The molecule has 3 aromatic carbocycles. The Morgan fingerprint density at radius 2 is 1.67 bits per heavy atom. The summed E-state index contributed by atoms with van der Waals surface area (Å²) < 4.78 is 0. The number of aromatic nitrogens is 2. The van der Waals surface area contributed by atoms with E-state index in [9.17, 15) is 4.79 Å². The molecule has 30 heavy (non-hydrogen) atoms. The van der Waals surface area contributed by atoms with E-state index in [1.54, 1.807) is 0 Å². The lowest BCUT2D eigenvalue weighted by Crippen LogP contribution is -2.28. The van der Waals surface area contributed by atoms with Gasteiger partial charge in [0.2, 0.25) is 0 Å². The second-order valence-electron chi connectivity index (χ2n) is 8.16. The number of hydrogen-bond acceptors (Lipinski definition) is 4. The normalized spacial score (nSPS) is 17.8. The second kappa shape index (κ2) is 7.43. The van der Waals surface area contributed by atoms with Gasteiger partial charge in [0.15, 0.2) is 0 Å². The molecule has 2 atom stereocenters. The van der Waals surface area contributed by atoms with Crippen molar-refractivity contribution in [2.24, 2.45) is 0 Å². The number of aromatic amines is 1. The van der Waals surface area contributed by atoms with Gasteiger partial charge in [-0.1, -0.05) is 60.7 Å². The van der Waals surface area contributed by atoms with Gasteiger partial charge in [0.1, 0.15) is 0 Å². The minimum atomic E-state index is -0.157. The van der Waals surface area contributed by atoms with Crippen LogP contribution < -0.4 is 10.9 Å². The van der Waals surface area contributed by atoms with Crippen molar-refractivity contribution < 1.29 is 0 Å². The molecule has 1 aliphatic heterocycles. The summed E-state index contributed by atoms with van der Waals surface area (Å²) >= 11 is 0. The highest BCUT2D eigenvalue weighted by molar-refractivity contribution is 5.97. The third kappa shape index (κ3) is 3.17. The standard InChI is InChI=1S/C25H24N4O/c1-29(2)15-16-11-13-17(14-12-16)21-23(18-7-4-3-5-8-18)26-20-10-6-9-19-22(20)24(21)27-28-25(19)30/h3-14,21,23,26H,15H2,1-2H3,(H,28,30). The number of nitrogens with zero attached hydrogens (tertiary/aromatic N) is 2. The quantitative estimate of drug-likeness (QED) is 0.540. The molecule has 5 nitrogen and oxygen atoms in total. The van der Waals surface area contributed by atoms with E-state index in [4.69, 9.17) is 0 Å². The summed E-state index contributed by atoms with van der Waals surface area (Å²) in [6.45, 7) is 0.898. The molecule has 1 aromatic heterocycles. The Bertz CT molecular complexity index is 1250. The summed E-state index contributed by atoms with van der Waals surface area (Å²) in [5, 5.41) is 12.6. The van der Waals surface area contributed by atoms with E-state index in [-0.39, 0.29) is 17.5 Å². The number of H-pyrrole nitrogens is 1. The van der Waals surface area contributed by atoms with Crippen LogP contribution in [0.4, 0.5) is 5.69 Å². The molecule has 4 aromatic rings. The molecule has 0 bridgehead atoms. The van der Waals surface area contributed by atoms with Crippen LogP contribution in [0.1, 0.15) is 34.3 Å². The predicted molar refractivity (Wildman–Crippen MR) is 121 cm³/mol. The van der Waals surface area contributed by atoms with Crippen molar-refractivity contribution in [1.82, 2.24) is 15.1 Å². The molecule has 0 spiro atoms. The Morgan fingerprint density at radius 1 is 0.900 bits per heavy atom. The molecule has 2 heterocycles. The zero-order valence-electron chi connectivity index (χ0n) is 17.1. The van der Waals surface area contributed by atoms with Gasteiger partial charge in [0.05, 0.1) is 23.0 Å². The first-order valence-corrected chi connectivity index (χ1v) is 10.2. The van der Waals surface area contributed by atoms with Crippen molar-refractivity contribution in [3.8, 4) is 0 Å². The van der Waals surface area contributed by atoms with E-state index >= 15 is 0 Å². The number of rotatable bonds is 4. The maximum atomic E-state index is 12.4. The molecule has 5 rings (SSSR count). The third-order valence-corrected chi connectivity index (χ3v) is 5.78. The summed E-state index contributed by atoms with van der Waals surface area (Å²) in [6.07, 6.45) is 0. The number of hydrogen-bond donors (Lipinski definition) is 2. The molecule has 150 valence electrons. The fourth-order valence-corrected chi connectivity index (χ4v) is 4.48. The molecule has 2 N–H and O–H groups in total. The second-order valence-corrected chi connectivity index (χ2v) is 8.16. The maximum absolute atomic E-state index is 12.4. The van der Waals surface area contributed by atoms with Crippen molar-refractivity contribution in [3.63, 3.8) is 0 Å². The van der Waals surface area contributed by atoms with Gasteiger partial charge in [0, 0.05) is 17.6 Å². The molecule has 0 radical (unpaired) electrons. The van der Waals surface area contributed by atoms with Crippen LogP contribution in [0.15, 0.2) is 77.6 Å². The minimum Gasteiger partial charge on any atom is -0.377 e. The Kier molecular flexibility index (Phi) is 4.60. The van der Waals surface area contributed by atoms with Crippen molar-refractivity contribution in [3.05, 3.63) is 106 Å². The lowest BCUT2D eigenvalue weighted by molar-refractivity contribution is 0.402. The van der Waals surface area contributed by atoms with Crippen molar-refractivity contribution in [1.29, 1.82) is 0 Å². The topological polar surface area (TPSA) is 61.0 Å². The van der Waals surface area contributed by atoms with Crippen LogP contribution in [0.3, 0.4) is 0 Å². The van der Waals surface area contributed by atoms with E-state index in [2.05, 4.69) is 83.0 Å². The first kappa shape index (κ1) is 18.6. The zero-order chi connectivity index (χ0) is 20.7. The summed E-state index contributed by atoms with van der Waals surface area (Å²) in [5.74, 6) is -0.0185. The molecule has 5 heteroatoms. The molecule has 0 saturated heterocycles. The summed E-state index contributed by atoms with van der Waals surface area (Å²) in [5.41, 5.74) is 5.34. The Hall–Kier alpha value is -3.44. The summed E-state index contributed by atoms with van der Waals surface area (Å²) in [6, 6.07) is 25.0. The molecular formula is C25H24N4O. The molecule has 0 amide bonds. The fraction of sp³-hybridized carbons (Fsp3) is 0.200. The fourth-order valence-electron chi connectivity index (χ4n) is 4.48. The van der Waals surface area contributed by atoms with E-state index in [0.29, 0.717) is 5.39 Å². The van der Waals surface area contributed by atoms with Crippen molar-refractivity contribution in [2.75, 3.05) is 19.4 Å². The average molecular weight is 396 g/mol. The minimum absolute atomic E-state index is 0.0161. The molecule has 0 saturated carbocycles. The molecule has 1 aliphatic rings. The van der Waals surface area contributed by atoms with Crippen molar-refractivity contribution in [2.45, 2.75) is 18.5 Å². The first-order valence-electron chi connectivity index (χ1n) is 10.2. The van der Waals surface area contributed by atoms with Crippen LogP contribution in [0.25, 0.3) is 10.8 Å². The third-order valence-electron chi connectivity index (χ3n) is 5.78. The summed E-state index contributed by atoms with van der Waals surface area (Å²) in [7, 11) is 4.14. The smallest absolute Gasteiger partial charge is 0.272 e. The van der Waals surface area contributed by atoms with Gasteiger partial charge in [0.25, 0.3) is 5.56 Å². The van der Waals surface area contributed by atoms with E-state index in [1.165, 1.54) is 16.7 Å². The van der Waals surface area contributed by atoms with Gasteiger partial charge < -0.3 is 10.2 Å². The Labute approximate surface area is 175 Å². The van der Waals surface area contributed by atoms with Gasteiger partial charge >= 0.3 is 0 Å². The van der Waals surface area contributed by atoms with Gasteiger partial charge in [-0.25, -0.2) is 5.10 Å². The number of anilines is 1. The lowest BCUT2D eigenvalue weighted by Gasteiger charge is -2.34. The maximum Gasteiger partial charge on any atom is 0.272 e. The van der Waals surface area contributed by atoms with Gasteiger partial charge in [-0.3, -0.25) is 4.79 Å². The number of nitrogens with one attached hydrogen (secondary N) is 2. The number of benzene rings is 3. The van der Waals surface area contributed by atoms with E-state index in [0.717, 1.165) is 23.3 Å². The van der Waals surface area contributed by atoms with Gasteiger partial charge in [-0.2, -0.15) is 5.10 Å². The molecule has 0 aliphatic carbocycles. The Balaban J connectivity index is 1.70. The molecular weight excluding hydrogens is 372 g/mol. The van der Waals surface area contributed by atoms with Crippen LogP contribution in [0.5, 0.6) is 0 Å². The van der Waals surface area contributed by atoms with Crippen LogP contribution in [-0.2, 0) is 6.54 Å². The summed E-state index contributed by atoms with van der Waals surface area (Å²) in [4.78, 5) is 14.6. The highest BCUT2D eigenvalue weighted by Crippen LogP contribution is 2.46. The van der Waals surface area contributed by atoms with Gasteiger partial charge in [-0.15, -0.1) is 0 Å². The highest BCUT2D eigenvalue weighted by Gasteiger charge is 2.34. The first-order chi connectivity index (χ1) is 14.6. The molecule has 2 unspecified atom stereocenters. The molecule has 0 fully saturated rings. The van der Waals surface area contributed by atoms with E-state index in [1.807, 2.05) is 24.3 Å². The van der Waals surface area contributed by atoms with Crippen LogP contribution in [0.2, 0.25) is 0 Å². The monoisotopic (exact) mass is 396 g/mol. The lowest BCUT2D eigenvalue weighted by atomic mass is 9.80. The zero-order valence-corrected chi connectivity index (χ0v) is 17.1. The predicted octanol–water partition coefficient (Wildman–Crippen LogP) is 4.28. The Morgan fingerprint density at radius 3 is 2.40 bits per heavy atom. The highest BCUT2D eigenvalue weighted by atomic mass is 16.1. The SMILES string of the molecule is CN(C)Cc1ccc(C2c3n[nH]c(=O)c4cccc(c34)NC2c2ccccc2)cc1. The van der Waals surface area contributed by atoms with Crippen LogP contribution in [-0.4, -0.2) is 29.2 Å².